The van der Waals surface area contributed by atoms with Crippen molar-refractivity contribution < 1.29 is 35.1 Å². The Bertz CT molecular complexity index is 3950. The summed E-state index contributed by atoms with van der Waals surface area (Å²) in [5.74, 6) is 0. The van der Waals surface area contributed by atoms with E-state index in [0.717, 1.165) is 11.1 Å². The molecule has 0 aromatic heterocycles. The summed E-state index contributed by atoms with van der Waals surface area (Å²) in [7, 11) is -1.78. The molecular weight excluding hydrogens is 1450 g/mol. The standard InChI is InChI=1S/C23H26N2O3.4C18H15P.Pd/c1-17(19-11-9-18(15-24)10-12-19)25-14-13-23(28-21(25)26,16-22(2,3)27)20-7-5-4-6-8-20;4*1-4-10-16(11-5-1)19(17-12-6-2-7-13-17)18-14-8-3-9-15-18;/h4-12,17,27H,13-14,16H2,1-3H3;4*1-15H;/t17-,23-;;;;;/m0...../s1. The third kappa shape index (κ3) is 22.4. The minimum Gasteiger partial charge on any atom is -0.438 e. The predicted molar refractivity (Wildman–Crippen MR) is 447 cm³/mol. The number of cyclic esters (lactones) is 1. The van der Waals surface area contributed by atoms with Crippen molar-refractivity contribution in [2.24, 2.45) is 0 Å². The van der Waals surface area contributed by atoms with Gasteiger partial charge >= 0.3 is 6.09 Å². The Morgan fingerprint density at radius 1 is 0.362 bits per heavy atom. The summed E-state index contributed by atoms with van der Waals surface area (Å²) < 4.78 is 6.01. The molecule has 0 radical (unpaired) electrons. The van der Waals surface area contributed by atoms with Crippen LogP contribution in [0.15, 0.2) is 419 Å². The zero-order chi connectivity index (χ0) is 72.0. The molecule has 14 aromatic rings. The van der Waals surface area contributed by atoms with Crippen molar-refractivity contribution in [2.45, 2.75) is 50.9 Å². The maximum atomic E-state index is 13.0. The van der Waals surface area contributed by atoms with Crippen molar-refractivity contribution in [3.05, 3.63) is 435 Å². The van der Waals surface area contributed by atoms with Crippen molar-refractivity contribution in [1.29, 1.82) is 5.26 Å². The van der Waals surface area contributed by atoms with Crippen LogP contribution in [-0.4, -0.2) is 28.2 Å². The fourth-order valence-corrected chi connectivity index (χ4v) is 21.8. The largest absolute Gasteiger partial charge is 0.438 e. The van der Waals surface area contributed by atoms with E-state index in [1.54, 1.807) is 30.9 Å². The third-order valence-electron chi connectivity index (χ3n) is 17.5. The molecule has 1 fully saturated rings. The molecule has 14 aromatic carbocycles. The minimum atomic E-state index is -0.975. The molecule has 0 aliphatic carbocycles. The summed E-state index contributed by atoms with van der Waals surface area (Å²) in [6.45, 7) is 5.94. The third-order valence-corrected chi connectivity index (χ3v) is 27.2. The molecular formula is C95H86N2O3P4Pd. The van der Waals surface area contributed by atoms with Gasteiger partial charge in [0.15, 0.2) is 0 Å². The fourth-order valence-electron chi connectivity index (χ4n) is 12.6. The Morgan fingerprint density at radius 2 is 0.562 bits per heavy atom. The molecule has 0 unspecified atom stereocenters. The van der Waals surface area contributed by atoms with Gasteiger partial charge in [-0.15, -0.1) is 0 Å². The quantitative estimate of drug-likeness (QED) is 0.0728. The van der Waals surface area contributed by atoms with Crippen molar-refractivity contribution in [1.82, 2.24) is 4.90 Å². The van der Waals surface area contributed by atoms with Crippen LogP contribution < -0.4 is 63.7 Å². The van der Waals surface area contributed by atoms with Crippen LogP contribution in [0.5, 0.6) is 0 Å². The normalized spacial score (nSPS) is 13.2. The molecule has 10 heteroatoms. The van der Waals surface area contributed by atoms with Gasteiger partial charge in [-0.25, -0.2) is 4.79 Å². The van der Waals surface area contributed by atoms with Gasteiger partial charge in [0.1, 0.15) is 5.60 Å². The number of aliphatic hydroxyl groups is 1. The Balaban J connectivity index is 0.000000142. The van der Waals surface area contributed by atoms with Crippen LogP contribution in [-0.2, 0) is 30.8 Å². The predicted octanol–water partition coefficient (Wildman–Crippen LogP) is 18.3. The number of carbonyl (C=O) groups excluding carboxylic acids is 1. The van der Waals surface area contributed by atoms with Gasteiger partial charge in [0.05, 0.1) is 23.3 Å². The van der Waals surface area contributed by atoms with Crippen LogP contribution >= 0.6 is 31.7 Å². The number of amides is 1. The second-order valence-electron chi connectivity index (χ2n) is 25.4. The molecule has 0 bridgehead atoms. The average Bonchev–Trinajstić information content (AvgIpc) is 0.768. The molecule has 524 valence electrons. The van der Waals surface area contributed by atoms with E-state index in [2.05, 4.69) is 370 Å². The summed E-state index contributed by atoms with van der Waals surface area (Å²) in [5.41, 5.74) is 0.612. The first-order valence-electron chi connectivity index (χ1n) is 35.1. The van der Waals surface area contributed by atoms with Crippen molar-refractivity contribution >= 4 is 101 Å². The van der Waals surface area contributed by atoms with Crippen LogP contribution in [0.1, 0.15) is 56.3 Å². The van der Waals surface area contributed by atoms with E-state index in [1.807, 2.05) is 49.4 Å². The molecule has 1 amide bonds. The van der Waals surface area contributed by atoms with Gasteiger partial charge in [-0.3, -0.25) is 0 Å². The van der Waals surface area contributed by atoms with Gasteiger partial charge in [-0.1, -0.05) is 406 Å². The summed E-state index contributed by atoms with van der Waals surface area (Å²) in [4.78, 5) is 14.7. The molecule has 1 aliphatic heterocycles. The number of rotatable bonds is 17. The molecule has 105 heavy (non-hydrogen) atoms. The van der Waals surface area contributed by atoms with Gasteiger partial charge < -0.3 is 14.7 Å². The minimum absolute atomic E-state index is 0. The summed E-state index contributed by atoms with van der Waals surface area (Å²) in [6, 6.07) is 148. The maximum absolute atomic E-state index is 13.0. The number of ether oxygens (including phenoxy) is 1. The second-order valence-corrected chi connectivity index (χ2v) is 34.3. The van der Waals surface area contributed by atoms with Crippen molar-refractivity contribution in [3.63, 3.8) is 0 Å². The number of hydrogen-bond acceptors (Lipinski definition) is 4. The Hall–Kier alpha value is -9.82. The molecule has 1 heterocycles. The Labute approximate surface area is 640 Å². The van der Waals surface area contributed by atoms with Crippen LogP contribution in [0.3, 0.4) is 0 Å². The Morgan fingerprint density at radius 3 is 0.743 bits per heavy atom. The Kier molecular flexibility index (Phi) is 30.0. The van der Waals surface area contributed by atoms with Crippen LogP contribution in [0.2, 0.25) is 0 Å². The number of benzene rings is 14. The van der Waals surface area contributed by atoms with E-state index in [1.165, 1.54) is 63.7 Å². The summed E-state index contributed by atoms with van der Waals surface area (Å²) in [6.07, 6.45) is 0.526. The van der Waals surface area contributed by atoms with Gasteiger partial charge in [-0.2, -0.15) is 5.26 Å². The fraction of sp³-hybridized carbons (Fsp3) is 0.0947. The van der Waals surface area contributed by atoms with Gasteiger partial charge in [0.2, 0.25) is 0 Å². The maximum Gasteiger partial charge on any atom is 0.411 e. The number of nitrogens with zero attached hydrogens (tertiary/aromatic N) is 2. The topological polar surface area (TPSA) is 73.6 Å². The molecule has 1 N–H and O–H groups in total. The molecule has 2 atom stereocenters. The van der Waals surface area contributed by atoms with E-state index in [-0.39, 0.29) is 26.5 Å². The number of hydrogen-bond donors (Lipinski definition) is 1. The first-order chi connectivity index (χ1) is 51.0. The van der Waals surface area contributed by atoms with Crippen molar-refractivity contribution in [3.8, 4) is 6.07 Å². The monoisotopic (exact) mass is 1530 g/mol. The molecule has 1 saturated heterocycles. The smallest absolute Gasteiger partial charge is 0.411 e. The zero-order valence-electron chi connectivity index (χ0n) is 59.3. The molecule has 0 saturated carbocycles. The van der Waals surface area contributed by atoms with Crippen molar-refractivity contribution in [2.75, 3.05) is 6.54 Å². The van der Waals surface area contributed by atoms with Gasteiger partial charge in [0.25, 0.3) is 0 Å². The number of nitriles is 1. The zero-order valence-corrected chi connectivity index (χ0v) is 64.4. The first kappa shape index (κ1) is 77.8. The molecule has 0 spiro atoms. The molecule has 15 rings (SSSR count). The SMILES string of the molecule is C[C@@H](c1ccc(C#N)cc1)N1CC[C@](CC(C)(C)O)(c2ccccc2)OC1=O.[Pd].c1ccc(P(c2ccccc2)c2ccccc2)cc1.c1ccc(P(c2ccccc2)c2ccccc2)cc1.c1ccc(P(c2ccccc2)c2ccccc2)cc1.c1ccc(P(c2ccccc2)c2ccccc2)cc1. The van der Waals surface area contributed by atoms with Crippen LogP contribution in [0, 0.1) is 11.3 Å². The van der Waals surface area contributed by atoms with E-state index in [4.69, 9.17) is 10.00 Å². The summed E-state index contributed by atoms with van der Waals surface area (Å²) in [5, 5.41) is 36.2. The average molecular weight is 1530 g/mol. The van der Waals surface area contributed by atoms with Gasteiger partial charge in [-0.05, 0) is 139 Å². The van der Waals surface area contributed by atoms with Crippen LogP contribution in [0.4, 0.5) is 4.79 Å². The first-order valence-corrected chi connectivity index (χ1v) is 40.5. The van der Waals surface area contributed by atoms with E-state index in [0.29, 0.717) is 24.9 Å². The van der Waals surface area contributed by atoms with E-state index >= 15 is 0 Å². The molecule has 1 aliphatic rings. The molecule has 5 nitrogen and oxygen atoms in total. The summed E-state index contributed by atoms with van der Waals surface area (Å²) >= 11 is 0. The van der Waals surface area contributed by atoms with Gasteiger partial charge in [0, 0.05) is 39.8 Å². The number of carbonyl (C=O) groups is 1. The van der Waals surface area contributed by atoms with Crippen LogP contribution in [0.25, 0.3) is 0 Å². The van der Waals surface area contributed by atoms with E-state index in [9.17, 15) is 9.90 Å². The van der Waals surface area contributed by atoms with E-state index < -0.39 is 49.0 Å². The second kappa shape index (κ2) is 40.5.